The molecule has 0 amide bonds. The Bertz CT molecular complexity index is 840. The van der Waals surface area contributed by atoms with Gasteiger partial charge in [-0.05, 0) is 49.6 Å². The maximum atomic E-state index is 10.1. The van der Waals surface area contributed by atoms with E-state index >= 15 is 0 Å². The van der Waals surface area contributed by atoms with Crippen LogP contribution < -0.4 is 4.74 Å². The van der Waals surface area contributed by atoms with E-state index in [4.69, 9.17) is 21.1 Å². The van der Waals surface area contributed by atoms with Crippen LogP contribution in [0.15, 0.2) is 36.5 Å². The van der Waals surface area contributed by atoms with Gasteiger partial charge in [-0.1, -0.05) is 24.3 Å². The number of ether oxygens (including phenoxy) is 2. The second-order valence-electron chi connectivity index (χ2n) is 6.44. The summed E-state index contributed by atoms with van der Waals surface area (Å²) in [6.07, 6.45) is 4.18. The zero-order valence-electron chi connectivity index (χ0n) is 15.0. The van der Waals surface area contributed by atoms with E-state index in [1.54, 1.807) is 12.1 Å². The highest BCUT2D eigenvalue weighted by atomic mass is 35.5. The van der Waals surface area contributed by atoms with Gasteiger partial charge in [-0.25, -0.2) is 0 Å². The van der Waals surface area contributed by atoms with Crippen LogP contribution in [0.5, 0.6) is 11.5 Å². The molecule has 1 N–H and O–H groups in total. The topological polar surface area (TPSA) is 56.5 Å². The van der Waals surface area contributed by atoms with Gasteiger partial charge in [0.05, 0.1) is 29.5 Å². The standard InChI is InChI=1S/C20H23ClN2O3/c1-4-15-19(6-5-17(21)20(15)24)26-12-14-11-25-10-8-16(14)18-7-9-22-23(18)13(2)3/h4-7,9,13,24H,1,8,10-12H2,2-3H3. The molecule has 0 radical (unpaired) electrons. The average Bonchev–Trinajstić information content (AvgIpc) is 3.13. The van der Waals surface area contributed by atoms with Gasteiger partial charge < -0.3 is 14.6 Å². The Morgan fingerprint density at radius 1 is 1.42 bits per heavy atom. The fraction of sp³-hybridized carbons (Fsp3) is 0.350. The Morgan fingerprint density at radius 2 is 2.23 bits per heavy atom. The molecule has 3 rings (SSSR count). The lowest BCUT2D eigenvalue weighted by Crippen LogP contribution is -2.18. The third-order valence-electron chi connectivity index (χ3n) is 4.40. The minimum Gasteiger partial charge on any atom is -0.506 e. The van der Waals surface area contributed by atoms with E-state index in [2.05, 4.69) is 25.5 Å². The summed E-state index contributed by atoms with van der Waals surface area (Å²) >= 11 is 5.96. The van der Waals surface area contributed by atoms with Crippen molar-refractivity contribution in [3.05, 3.63) is 52.8 Å². The molecular formula is C20H23ClN2O3. The summed E-state index contributed by atoms with van der Waals surface area (Å²) in [5, 5.41) is 14.8. The van der Waals surface area contributed by atoms with Gasteiger partial charge in [0, 0.05) is 12.2 Å². The molecule has 6 heteroatoms. The number of benzene rings is 1. The van der Waals surface area contributed by atoms with Crippen LogP contribution in [0, 0.1) is 0 Å². The molecule has 1 aliphatic rings. The van der Waals surface area contributed by atoms with E-state index in [1.165, 1.54) is 11.6 Å². The molecule has 138 valence electrons. The molecule has 1 aromatic heterocycles. The van der Waals surface area contributed by atoms with Gasteiger partial charge in [-0.2, -0.15) is 5.10 Å². The first-order chi connectivity index (χ1) is 12.5. The van der Waals surface area contributed by atoms with Crippen molar-refractivity contribution in [2.24, 2.45) is 0 Å². The van der Waals surface area contributed by atoms with Crippen molar-refractivity contribution < 1.29 is 14.6 Å². The molecule has 0 bridgehead atoms. The van der Waals surface area contributed by atoms with Crippen molar-refractivity contribution >= 4 is 23.3 Å². The largest absolute Gasteiger partial charge is 0.506 e. The van der Waals surface area contributed by atoms with Gasteiger partial charge in [0.15, 0.2) is 0 Å². The van der Waals surface area contributed by atoms with Gasteiger partial charge in [0.2, 0.25) is 0 Å². The minimum absolute atomic E-state index is 0.0221. The predicted octanol–water partition coefficient (Wildman–Crippen LogP) is 4.72. The molecule has 0 atom stereocenters. The maximum Gasteiger partial charge on any atom is 0.145 e. The second-order valence-corrected chi connectivity index (χ2v) is 6.85. The number of hydrogen-bond donors (Lipinski definition) is 1. The van der Waals surface area contributed by atoms with Crippen LogP contribution >= 0.6 is 11.6 Å². The Hall–Kier alpha value is -2.24. The van der Waals surface area contributed by atoms with Crippen LogP contribution in [-0.4, -0.2) is 34.7 Å². The van der Waals surface area contributed by atoms with Crippen LogP contribution in [0.3, 0.4) is 0 Å². The van der Waals surface area contributed by atoms with Crippen molar-refractivity contribution in [1.82, 2.24) is 9.78 Å². The van der Waals surface area contributed by atoms with Crippen molar-refractivity contribution in [1.29, 1.82) is 0 Å². The lowest BCUT2D eigenvalue weighted by molar-refractivity contribution is 0.144. The number of phenolic OH excluding ortho intramolecular Hbond substituents is 1. The summed E-state index contributed by atoms with van der Waals surface area (Å²) in [6.45, 7) is 9.51. The smallest absolute Gasteiger partial charge is 0.145 e. The predicted molar refractivity (Wildman–Crippen MR) is 104 cm³/mol. The minimum atomic E-state index is -0.0221. The zero-order valence-corrected chi connectivity index (χ0v) is 15.8. The summed E-state index contributed by atoms with van der Waals surface area (Å²) in [5.41, 5.74) is 3.87. The Kier molecular flexibility index (Phi) is 5.69. The highest BCUT2D eigenvalue weighted by molar-refractivity contribution is 6.32. The lowest BCUT2D eigenvalue weighted by atomic mass is 10.0. The Balaban J connectivity index is 1.90. The number of aromatic hydroxyl groups is 1. The number of hydrogen-bond acceptors (Lipinski definition) is 4. The summed E-state index contributed by atoms with van der Waals surface area (Å²) < 4.78 is 13.6. The third kappa shape index (κ3) is 3.64. The molecule has 0 saturated heterocycles. The number of rotatable bonds is 6. The van der Waals surface area contributed by atoms with Crippen LogP contribution in [0.25, 0.3) is 11.6 Å². The molecule has 0 aliphatic carbocycles. The summed E-state index contributed by atoms with van der Waals surface area (Å²) in [4.78, 5) is 0. The van der Waals surface area contributed by atoms with Crippen molar-refractivity contribution in [2.75, 3.05) is 19.8 Å². The van der Waals surface area contributed by atoms with Gasteiger partial charge in [-0.15, -0.1) is 0 Å². The molecule has 2 heterocycles. The second kappa shape index (κ2) is 7.98. The monoisotopic (exact) mass is 374 g/mol. The molecule has 26 heavy (non-hydrogen) atoms. The number of halogens is 1. The molecule has 0 saturated carbocycles. The van der Waals surface area contributed by atoms with E-state index in [1.807, 2.05) is 16.9 Å². The first-order valence-corrected chi connectivity index (χ1v) is 9.00. The highest BCUT2D eigenvalue weighted by Crippen LogP contribution is 2.36. The fourth-order valence-corrected chi connectivity index (χ4v) is 3.25. The van der Waals surface area contributed by atoms with Crippen molar-refractivity contribution in [3.63, 3.8) is 0 Å². The van der Waals surface area contributed by atoms with Crippen LogP contribution in [0.4, 0.5) is 0 Å². The number of aromatic nitrogens is 2. The Labute approximate surface area is 158 Å². The van der Waals surface area contributed by atoms with E-state index in [-0.39, 0.29) is 16.8 Å². The zero-order chi connectivity index (χ0) is 18.7. The first kappa shape index (κ1) is 18.5. The molecule has 0 unspecified atom stereocenters. The van der Waals surface area contributed by atoms with Crippen LogP contribution in [-0.2, 0) is 4.74 Å². The normalized spacial score (nSPS) is 14.8. The third-order valence-corrected chi connectivity index (χ3v) is 4.71. The molecule has 1 aliphatic heterocycles. The van der Waals surface area contributed by atoms with E-state index < -0.39 is 0 Å². The van der Waals surface area contributed by atoms with E-state index in [0.29, 0.717) is 31.1 Å². The van der Waals surface area contributed by atoms with Crippen LogP contribution in [0.1, 0.15) is 37.6 Å². The summed E-state index contributed by atoms with van der Waals surface area (Å²) in [5.74, 6) is 0.517. The molecular weight excluding hydrogens is 352 g/mol. The maximum absolute atomic E-state index is 10.1. The van der Waals surface area contributed by atoms with Crippen LogP contribution in [0.2, 0.25) is 5.02 Å². The van der Waals surface area contributed by atoms with E-state index in [9.17, 15) is 5.11 Å². The molecule has 0 fully saturated rings. The van der Waals surface area contributed by atoms with Crippen molar-refractivity contribution in [2.45, 2.75) is 26.3 Å². The molecule has 1 aromatic carbocycles. The first-order valence-electron chi connectivity index (χ1n) is 8.62. The molecule has 2 aromatic rings. The number of phenols is 1. The van der Waals surface area contributed by atoms with Gasteiger partial charge in [-0.3, -0.25) is 4.68 Å². The molecule has 0 spiro atoms. The van der Waals surface area contributed by atoms with E-state index in [0.717, 1.165) is 17.7 Å². The van der Waals surface area contributed by atoms with Gasteiger partial charge in [0.25, 0.3) is 0 Å². The summed E-state index contributed by atoms with van der Waals surface area (Å²) in [6, 6.07) is 5.66. The lowest BCUT2D eigenvalue weighted by Gasteiger charge is -2.23. The SMILES string of the molecule is C=Cc1c(OCC2=C(c3ccnn3C(C)C)CCOC2)ccc(Cl)c1O. The van der Waals surface area contributed by atoms with Gasteiger partial charge >= 0.3 is 0 Å². The van der Waals surface area contributed by atoms with Gasteiger partial charge in [0.1, 0.15) is 18.1 Å². The fourth-order valence-electron chi connectivity index (χ4n) is 3.09. The average molecular weight is 375 g/mol. The van der Waals surface area contributed by atoms with Crippen molar-refractivity contribution in [3.8, 4) is 11.5 Å². The summed E-state index contributed by atoms with van der Waals surface area (Å²) in [7, 11) is 0. The highest BCUT2D eigenvalue weighted by Gasteiger charge is 2.20. The quantitative estimate of drug-likeness (QED) is 0.794. The molecule has 5 nitrogen and oxygen atoms in total. The number of nitrogens with zero attached hydrogens (tertiary/aromatic N) is 2. The Morgan fingerprint density at radius 3 is 2.96 bits per heavy atom.